The summed E-state index contributed by atoms with van der Waals surface area (Å²) in [6, 6.07) is 5.74. The molecule has 51 heavy (non-hydrogen) atoms. The van der Waals surface area contributed by atoms with Gasteiger partial charge in [0.15, 0.2) is 11.6 Å². The van der Waals surface area contributed by atoms with Gasteiger partial charge >= 0.3 is 6.01 Å². The number of fused-ring (bicyclic) bond motifs is 3. The number of rotatable bonds is 12. The van der Waals surface area contributed by atoms with E-state index in [-0.39, 0.29) is 62.0 Å². The van der Waals surface area contributed by atoms with Crippen molar-refractivity contribution in [2.75, 3.05) is 58.2 Å². The minimum Gasteiger partial charge on any atom is -0.508 e. The predicted octanol–water partition coefficient (Wildman–Crippen LogP) is 6.43. The summed E-state index contributed by atoms with van der Waals surface area (Å²) in [7, 11) is 1.39. The summed E-state index contributed by atoms with van der Waals surface area (Å²) in [6.45, 7) is 6.14. The van der Waals surface area contributed by atoms with E-state index in [2.05, 4.69) is 20.8 Å². The number of likely N-dealkylation sites (tertiary alicyclic amines) is 1. The van der Waals surface area contributed by atoms with Crippen LogP contribution >= 0.6 is 0 Å². The van der Waals surface area contributed by atoms with Crippen LogP contribution in [0.1, 0.15) is 63.9 Å². The standard InChI is InChI=1S/C39H45F2N5O5/c1-4-6-15-46(23-47)36-32-35(33(41)34(42-37(32)49-3)28-19-26(48)18-25-10-11-29(40)27(5-2)31(25)28)43-38(44-36)51-22-39-13-7-9-30(39)45(16-8-14-39)20-24-12-17-50-21-24/h2,10-11,18-19,24,30,47-48H,4,6-9,12-17,20-23H2,1,3H3. The molecule has 0 radical (unpaired) electrons. The van der Waals surface area contributed by atoms with Crippen LogP contribution in [-0.4, -0.2) is 89.4 Å². The average Bonchev–Trinajstić information content (AvgIpc) is 3.82. The zero-order chi connectivity index (χ0) is 35.7. The maximum absolute atomic E-state index is 17.1. The van der Waals surface area contributed by atoms with Crippen molar-refractivity contribution < 1.29 is 33.2 Å². The second-order valence-corrected chi connectivity index (χ2v) is 14.1. The lowest BCUT2D eigenvalue weighted by Gasteiger charge is -2.46. The molecule has 3 atom stereocenters. The van der Waals surface area contributed by atoms with Gasteiger partial charge < -0.3 is 29.3 Å². The highest BCUT2D eigenvalue weighted by Gasteiger charge is 2.49. The Morgan fingerprint density at radius 1 is 1.14 bits per heavy atom. The van der Waals surface area contributed by atoms with E-state index in [0.29, 0.717) is 30.5 Å². The number of hydrogen-bond acceptors (Lipinski definition) is 10. The molecule has 3 fully saturated rings. The number of pyridine rings is 1. The minimum atomic E-state index is -0.855. The Hall–Kier alpha value is -4.31. The lowest BCUT2D eigenvalue weighted by molar-refractivity contribution is -0.00805. The van der Waals surface area contributed by atoms with Crippen molar-refractivity contribution >= 4 is 27.5 Å². The molecule has 4 aromatic rings. The zero-order valence-corrected chi connectivity index (χ0v) is 29.3. The van der Waals surface area contributed by atoms with E-state index in [1.807, 2.05) is 6.92 Å². The summed E-state index contributed by atoms with van der Waals surface area (Å²) in [6.07, 6.45) is 13.7. The van der Waals surface area contributed by atoms with E-state index in [1.165, 1.54) is 31.4 Å². The molecule has 2 aliphatic heterocycles. The van der Waals surface area contributed by atoms with E-state index in [0.717, 1.165) is 77.7 Å². The molecule has 1 aliphatic carbocycles. The maximum Gasteiger partial charge on any atom is 0.319 e. The molecular weight excluding hydrogens is 656 g/mol. The van der Waals surface area contributed by atoms with E-state index >= 15 is 4.39 Å². The Kier molecular flexibility index (Phi) is 10.1. The van der Waals surface area contributed by atoms with Crippen LogP contribution in [-0.2, 0) is 4.74 Å². The molecule has 12 heteroatoms. The summed E-state index contributed by atoms with van der Waals surface area (Å²) in [4.78, 5) is 18.2. The number of halogens is 2. The van der Waals surface area contributed by atoms with Gasteiger partial charge in [-0.2, -0.15) is 9.97 Å². The van der Waals surface area contributed by atoms with Crippen molar-refractivity contribution in [1.82, 2.24) is 19.9 Å². The van der Waals surface area contributed by atoms with Crippen LogP contribution in [0.25, 0.3) is 32.9 Å². The highest BCUT2D eigenvalue weighted by atomic mass is 19.1. The van der Waals surface area contributed by atoms with Crippen LogP contribution in [0.2, 0.25) is 0 Å². The predicted molar refractivity (Wildman–Crippen MR) is 191 cm³/mol. The van der Waals surface area contributed by atoms with Gasteiger partial charge in [-0.3, -0.25) is 4.90 Å². The number of unbranched alkanes of at least 4 members (excludes halogenated alkanes) is 1. The molecular formula is C39H45F2N5O5. The number of methoxy groups -OCH3 is 1. The SMILES string of the molecule is C#Cc1c(F)ccc2cc(O)cc(-c3nc(OC)c4c(N(CO)CCCC)nc(OCC56CCCC5N(CC5CCOC5)CCC6)nc4c3F)c12. The summed E-state index contributed by atoms with van der Waals surface area (Å²) in [5.74, 6) is 1.43. The van der Waals surface area contributed by atoms with Crippen LogP contribution in [0.5, 0.6) is 17.6 Å². The molecule has 7 rings (SSSR count). The van der Waals surface area contributed by atoms with Gasteiger partial charge in [-0.15, -0.1) is 6.42 Å². The number of ether oxygens (including phenoxy) is 3. The van der Waals surface area contributed by atoms with Crippen LogP contribution in [0, 0.1) is 35.3 Å². The normalized spacial score (nSPS) is 22.0. The van der Waals surface area contributed by atoms with Crippen molar-refractivity contribution in [2.24, 2.45) is 11.3 Å². The molecule has 3 aliphatic rings. The smallest absolute Gasteiger partial charge is 0.319 e. The number of benzene rings is 2. The number of aliphatic hydroxyl groups excluding tert-OH is 1. The first kappa shape index (κ1) is 35.1. The summed E-state index contributed by atoms with van der Waals surface area (Å²) < 4.78 is 50.0. The van der Waals surface area contributed by atoms with Crippen molar-refractivity contribution in [1.29, 1.82) is 0 Å². The van der Waals surface area contributed by atoms with Gasteiger partial charge in [0.2, 0.25) is 5.88 Å². The monoisotopic (exact) mass is 701 g/mol. The van der Waals surface area contributed by atoms with Gasteiger partial charge in [0.05, 0.1) is 25.9 Å². The van der Waals surface area contributed by atoms with Crippen LogP contribution in [0.15, 0.2) is 24.3 Å². The van der Waals surface area contributed by atoms with Gasteiger partial charge in [0.1, 0.15) is 34.9 Å². The molecule has 270 valence electrons. The highest BCUT2D eigenvalue weighted by molar-refractivity contribution is 6.04. The number of piperidine rings is 1. The van der Waals surface area contributed by atoms with E-state index in [4.69, 9.17) is 25.6 Å². The van der Waals surface area contributed by atoms with Gasteiger partial charge in [-0.1, -0.05) is 31.8 Å². The Balaban J connectivity index is 1.35. The number of phenols is 1. The third-order valence-electron chi connectivity index (χ3n) is 11.0. The van der Waals surface area contributed by atoms with E-state index < -0.39 is 18.4 Å². The number of nitrogens with zero attached hydrogens (tertiary/aromatic N) is 5. The van der Waals surface area contributed by atoms with E-state index in [9.17, 15) is 14.6 Å². The topological polar surface area (TPSA) is 113 Å². The fraction of sp³-hybridized carbons (Fsp3) is 0.513. The third kappa shape index (κ3) is 6.52. The molecule has 2 aromatic carbocycles. The third-order valence-corrected chi connectivity index (χ3v) is 11.0. The molecule has 0 amide bonds. The Morgan fingerprint density at radius 3 is 2.73 bits per heavy atom. The lowest BCUT2D eigenvalue weighted by Crippen LogP contribution is -2.53. The molecule has 10 nitrogen and oxygen atoms in total. The molecule has 2 aromatic heterocycles. The molecule has 2 saturated heterocycles. The lowest BCUT2D eigenvalue weighted by atomic mass is 9.75. The molecule has 2 N–H and O–H groups in total. The number of aromatic nitrogens is 3. The largest absolute Gasteiger partial charge is 0.508 e. The number of aromatic hydroxyl groups is 1. The zero-order valence-electron chi connectivity index (χ0n) is 29.3. The first-order valence-corrected chi connectivity index (χ1v) is 18.0. The van der Waals surface area contributed by atoms with Crippen LogP contribution in [0.4, 0.5) is 14.6 Å². The number of anilines is 1. The molecule has 1 saturated carbocycles. The van der Waals surface area contributed by atoms with Crippen molar-refractivity contribution in [2.45, 2.75) is 64.3 Å². The van der Waals surface area contributed by atoms with Gasteiger partial charge in [-0.05, 0) is 74.6 Å². The second kappa shape index (κ2) is 14.7. The summed E-state index contributed by atoms with van der Waals surface area (Å²) in [5.41, 5.74) is -0.492. The van der Waals surface area contributed by atoms with Crippen molar-refractivity contribution in [3.8, 4) is 41.2 Å². The first-order chi connectivity index (χ1) is 24.8. The number of phenolic OH excluding ortho intramolecular Hbond substituents is 1. The molecule has 3 unspecified atom stereocenters. The molecule has 4 heterocycles. The Labute approximate surface area is 296 Å². The Morgan fingerprint density at radius 2 is 1.98 bits per heavy atom. The average molecular weight is 702 g/mol. The second-order valence-electron chi connectivity index (χ2n) is 14.1. The van der Waals surface area contributed by atoms with Gasteiger partial charge in [0, 0.05) is 42.1 Å². The maximum atomic E-state index is 17.1. The van der Waals surface area contributed by atoms with Gasteiger partial charge in [-0.25, -0.2) is 13.8 Å². The van der Waals surface area contributed by atoms with Crippen molar-refractivity contribution in [3.63, 3.8) is 0 Å². The molecule has 0 bridgehead atoms. The Bertz CT molecular complexity index is 1970. The van der Waals surface area contributed by atoms with Crippen LogP contribution < -0.4 is 14.4 Å². The molecule has 0 spiro atoms. The fourth-order valence-corrected chi connectivity index (χ4v) is 8.57. The van der Waals surface area contributed by atoms with Gasteiger partial charge in [0.25, 0.3) is 0 Å². The number of aliphatic hydroxyl groups is 1. The summed E-state index contributed by atoms with van der Waals surface area (Å²) in [5, 5.41) is 22.0. The van der Waals surface area contributed by atoms with E-state index in [1.54, 1.807) is 4.90 Å². The number of terminal acetylenes is 1. The highest BCUT2D eigenvalue weighted by Crippen LogP contribution is 2.49. The summed E-state index contributed by atoms with van der Waals surface area (Å²) >= 11 is 0. The number of hydrogen-bond donors (Lipinski definition) is 2. The minimum absolute atomic E-state index is 0.0127. The van der Waals surface area contributed by atoms with Crippen molar-refractivity contribution in [3.05, 3.63) is 41.5 Å². The van der Waals surface area contributed by atoms with Crippen LogP contribution in [0.3, 0.4) is 0 Å². The fourth-order valence-electron chi connectivity index (χ4n) is 8.57. The quantitative estimate of drug-likeness (QED) is 0.127. The first-order valence-electron chi connectivity index (χ1n) is 18.0.